The van der Waals surface area contributed by atoms with Crippen LogP contribution in [0.15, 0.2) is 15.9 Å². The Bertz CT molecular complexity index is 605. The van der Waals surface area contributed by atoms with E-state index in [9.17, 15) is 9.59 Å². The third kappa shape index (κ3) is 1.21. The van der Waals surface area contributed by atoms with Gasteiger partial charge in [0.05, 0.1) is 6.33 Å². The van der Waals surface area contributed by atoms with Crippen LogP contribution in [-0.2, 0) is 13.1 Å². The van der Waals surface area contributed by atoms with Gasteiger partial charge >= 0.3 is 5.69 Å². The van der Waals surface area contributed by atoms with Crippen LogP contribution in [0.3, 0.4) is 0 Å². The topological polar surface area (TPSA) is 72.7 Å². The normalized spacial score (nSPS) is 11.1. The predicted molar refractivity (Wildman–Crippen MR) is 56.0 cm³/mol. The Morgan fingerprint density at radius 1 is 1.27 bits per heavy atom. The first-order valence-electron chi connectivity index (χ1n) is 4.87. The lowest BCUT2D eigenvalue weighted by molar-refractivity contribution is 0.605. The van der Waals surface area contributed by atoms with Crippen LogP contribution >= 0.6 is 0 Å². The fourth-order valence-electron chi connectivity index (χ4n) is 1.67. The molecule has 0 unspecified atom stereocenters. The third-order valence-corrected chi connectivity index (χ3v) is 2.43. The first kappa shape index (κ1) is 9.70. The molecule has 2 aromatic rings. The van der Waals surface area contributed by atoms with Gasteiger partial charge in [0.15, 0.2) is 5.65 Å². The zero-order valence-electron chi connectivity index (χ0n) is 8.65. The summed E-state index contributed by atoms with van der Waals surface area (Å²) in [5, 5.41) is 0. The molecule has 2 aromatic heterocycles. The Morgan fingerprint density at radius 2 is 1.93 bits per heavy atom. The summed E-state index contributed by atoms with van der Waals surface area (Å²) in [6.45, 7) is 4.48. The van der Waals surface area contributed by atoms with Gasteiger partial charge in [-0.25, -0.2) is 9.78 Å². The summed E-state index contributed by atoms with van der Waals surface area (Å²) < 4.78 is 2.68. The molecule has 0 atom stereocenters. The van der Waals surface area contributed by atoms with E-state index < -0.39 is 0 Å². The van der Waals surface area contributed by atoms with Crippen molar-refractivity contribution in [3.05, 3.63) is 27.2 Å². The largest absolute Gasteiger partial charge is 0.339 e. The van der Waals surface area contributed by atoms with Crippen molar-refractivity contribution in [3.8, 4) is 0 Å². The minimum Gasteiger partial charge on any atom is -0.339 e. The number of aromatic amines is 1. The van der Waals surface area contributed by atoms with Gasteiger partial charge in [-0.05, 0) is 13.8 Å². The number of nitrogens with one attached hydrogen (secondary N) is 1. The number of aryl methyl sites for hydroxylation is 1. The molecule has 1 N–H and O–H groups in total. The number of H-pyrrole nitrogens is 1. The summed E-state index contributed by atoms with van der Waals surface area (Å²) in [4.78, 5) is 30.4. The number of imidazole rings is 1. The van der Waals surface area contributed by atoms with E-state index in [0.29, 0.717) is 24.3 Å². The molecule has 80 valence electrons. The van der Waals surface area contributed by atoms with E-state index in [0.717, 1.165) is 0 Å². The molecule has 0 bridgehead atoms. The first-order chi connectivity index (χ1) is 7.20. The van der Waals surface area contributed by atoms with E-state index in [1.165, 1.54) is 15.5 Å². The minimum absolute atomic E-state index is 0.301. The lowest BCUT2D eigenvalue weighted by Crippen LogP contribution is -2.39. The fraction of sp³-hybridized carbons (Fsp3) is 0.444. The molecule has 0 amide bonds. The van der Waals surface area contributed by atoms with Crippen molar-refractivity contribution < 1.29 is 0 Å². The van der Waals surface area contributed by atoms with Crippen molar-refractivity contribution in [3.63, 3.8) is 0 Å². The molecule has 0 saturated heterocycles. The van der Waals surface area contributed by atoms with Crippen LogP contribution in [0.5, 0.6) is 0 Å². The van der Waals surface area contributed by atoms with Gasteiger partial charge in [-0.3, -0.25) is 13.9 Å². The van der Waals surface area contributed by atoms with E-state index in [2.05, 4.69) is 9.97 Å². The van der Waals surface area contributed by atoms with Crippen molar-refractivity contribution >= 4 is 11.2 Å². The van der Waals surface area contributed by atoms with E-state index in [4.69, 9.17) is 0 Å². The summed E-state index contributed by atoms with van der Waals surface area (Å²) in [5.74, 6) is 0. The lowest BCUT2D eigenvalue weighted by atomic mass is 10.5. The SMILES string of the molecule is CCn1c(=O)c2[nH]cnc2n(CC)c1=O. The molecule has 6 nitrogen and oxygen atoms in total. The van der Waals surface area contributed by atoms with Crippen molar-refractivity contribution in [2.75, 3.05) is 0 Å². The van der Waals surface area contributed by atoms with Crippen LogP contribution in [0.4, 0.5) is 0 Å². The van der Waals surface area contributed by atoms with Gasteiger partial charge in [-0.1, -0.05) is 0 Å². The van der Waals surface area contributed by atoms with Gasteiger partial charge in [0.1, 0.15) is 5.52 Å². The van der Waals surface area contributed by atoms with Crippen molar-refractivity contribution in [2.45, 2.75) is 26.9 Å². The van der Waals surface area contributed by atoms with Gasteiger partial charge in [0.2, 0.25) is 0 Å². The minimum atomic E-state index is -0.306. The molecule has 0 aliphatic carbocycles. The Kier molecular flexibility index (Phi) is 2.18. The van der Waals surface area contributed by atoms with Crippen LogP contribution in [0.25, 0.3) is 11.2 Å². The molecule has 2 heterocycles. The summed E-state index contributed by atoms with van der Waals surface area (Å²) in [5.41, 5.74) is 0.208. The third-order valence-electron chi connectivity index (χ3n) is 2.43. The van der Waals surface area contributed by atoms with Gasteiger partial charge < -0.3 is 4.98 Å². The van der Waals surface area contributed by atoms with Gasteiger partial charge in [0, 0.05) is 13.1 Å². The van der Waals surface area contributed by atoms with Crippen LogP contribution in [0.2, 0.25) is 0 Å². The number of fused-ring (bicyclic) bond motifs is 1. The number of hydrogen-bond donors (Lipinski definition) is 1. The number of nitrogens with zero attached hydrogens (tertiary/aromatic N) is 3. The molecule has 0 spiro atoms. The number of rotatable bonds is 2. The molecule has 15 heavy (non-hydrogen) atoms. The number of hydrogen-bond acceptors (Lipinski definition) is 3. The molecule has 6 heteroatoms. The maximum atomic E-state index is 11.8. The van der Waals surface area contributed by atoms with Crippen LogP contribution in [0, 0.1) is 0 Å². The molecule has 2 rings (SSSR count). The zero-order chi connectivity index (χ0) is 11.0. The Labute approximate surface area is 85.2 Å². The Morgan fingerprint density at radius 3 is 2.53 bits per heavy atom. The smallest absolute Gasteiger partial charge is 0.332 e. The second kappa shape index (κ2) is 3.38. The monoisotopic (exact) mass is 208 g/mol. The average molecular weight is 208 g/mol. The molecular weight excluding hydrogens is 196 g/mol. The average Bonchev–Trinajstić information content (AvgIpc) is 2.68. The summed E-state index contributed by atoms with van der Waals surface area (Å²) in [7, 11) is 0. The molecule has 0 aliphatic heterocycles. The first-order valence-corrected chi connectivity index (χ1v) is 4.87. The maximum absolute atomic E-state index is 11.8. The highest BCUT2D eigenvalue weighted by Crippen LogP contribution is 2.00. The van der Waals surface area contributed by atoms with Gasteiger partial charge in [0.25, 0.3) is 5.56 Å². The van der Waals surface area contributed by atoms with Crippen LogP contribution in [0.1, 0.15) is 13.8 Å². The molecule has 0 saturated carbocycles. The maximum Gasteiger partial charge on any atom is 0.332 e. The van der Waals surface area contributed by atoms with E-state index in [1.54, 1.807) is 6.92 Å². The molecule has 0 aliphatic rings. The Balaban J connectivity index is 3.04. The van der Waals surface area contributed by atoms with Crippen LogP contribution in [-0.4, -0.2) is 19.1 Å². The Hall–Kier alpha value is -1.85. The lowest BCUT2D eigenvalue weighted by Gasteiger charge is -2.06. The quantitative estimate of drug-likeness (QED) is 0.750. The van der Waals surface area contributed by atoms with Crippen molar-refractivity contribution in [1.82, 2.24) is 19.1 Å². The summed E-state index contributed by atoms with van der Waals surface area (Å²) >= 11 is 0. The zero-order valence-corrected chi connectivity index (χ0v) is 8.65. The summed E-state index contributed by atoms with van der Waals surface area (Å²) in [6, 6.07) is 0. The molecule has 0 radical (unpaired) electrons. The predicted octanol–water partition coefficient (Wildman–Crippen LogP) is -0.0739. The van der Waals surface area contributed by atoms with Gasteiger partial charge in [-0.2, -0.15) is 0 Å². The number of aromatic nitrogens is 4. The highest BCUT2D eigenvalue weighted by molar-refractivity contribution is 5.68. The van der Waals surface area contributed by atoms with E-state index >= 15 is 0 Å². The fourth-order valence-corrected chi connectivity index (χ4v) is 1.67. The second-order valence-corrected chi connectivity index (χ2v) is 3.18. The highest BCUT2D eigenvalue weighted by atomic mass is 16.2. The molecule has 0 aromatic carbocycles. The highest BCUT2D eigenvalue weighted by Gasteiger charge is 2.12. The van der Waals surface area contributed by atoms with Crippen molar-refractivity contribution in [2.24, 2.45) is 0 Å². The standard InChI is InChI=1S/C9H12N4O2/c1-3-12-7-6(10-5-11-7)8(14)13(4-2)9(12)15/h5H,3-4H2,1-2H3,(H,10,11). The molecule has 0 fully saturated rings. The van der Waals surface area contributed by atoms with E-state index in [1.807, 2.05) is 6.92 Å². The van der Waals surface area contributed by atoms with Crippen molar-refractivity contribution in [1.29, 1.82) is 0 Å². The van der Waals surface area contributed by atoms with Gasteiger partial charge in [-0.15, -0.1) is 0 Å². The second-order valence-electron chi connectivity index (χ2n) is 3.18. The van der Waals surface area contributed by atoms with E-state index in [-0.39, 0.29) is 11.2 Å². The summed E-state index contributed by atoms with van der Waals surface area (Å²) in [6.07, 6.45) is 1.43. The van der Waals surface area contributed by atoms with Crippen LogP contribution < -0.4 is 11.2 Å². The molecular formula is C9H12N4O2.